The SMILES string of the molecule is CC(C)(COC1CCC(NC(=O)C2CCC(O)CC2C(=O)O)CC1)COC1CCC(NC2CCC(O)CC2COO)CC1. The zero-order valence-electron chi connectivity index (χ0n) is 26.1. The summed E-state index contributed by atoms with van der Waals surface area (Å²) in [4.78, 5) is 28.9. The van der Waals surface area contributed by atoms with Crippen molar-refractivity contribution in [2.24, 2.45) is 23.2 Å². The van der Waals surface area contributed by atoms with Gasteiger partial charge in [0.2, 0.25) is 5.91 Å². The lowest BCUT2D eigenvalue weighted by Crippen LogP contribution is -2.49. The van der Waals surface area contributed by atoms with Gasteiger partial charge in [0.05, 0.1) is 56.1 Å². The summed E-state index contributed by atoms with van der Waals surface area (Å²) in [6, 6.07) is 0.719. The second-order valence-electron chi connectivity index (χ2n) is 14.6. The Morgan fingerprint density at radius 2 is 1.30 bits per heavy atom. The molecule has 4 rings (SSSR count). The van der Waals surface area contributed by atoms with E-state index in [1.165, 1.54) is 0 Å². The third kappa shape index (κ3) is 10.6. The summed E-state index contributed by atoms with van der Waals surface area (Å²) < 4.78 is 12.7. The van der Waals surface area contributed by atoms with E-state index in [2.05, 4.69) is 29.4 Å². The fraction of sp³-hybridized carbons (Fsp3) is 0.938. The minimum atomic E-state index is -1.01. The summed E-state index contributed by atoms with van der Waals surface area (Å²) in [5, 5.41) is 45.1. The largest absolute Gasteiger partial charge is 0.481 e. The molecule has 0 aliphatic heterocycles. The molecule has 0 heterocycles. The summed E-state index contributed by atoms with van der Waals surface area (Å²) in [7, 11) is 0. The zero-order valence-corrected chi connectivity index (χ0v) is 26.1. The highest BCUT2D eigenvalue weighted by Gasteiger charge is 2.40. The lowest BCUT2D eigenvalue weighted by atomic mass is 9.77. The lowest BCUT2D eigenvalue weighted by molar-refractivity contribution is -0.255. The van der Waals surface area contributed by atoms with Crippen molar-refractivity contribution in [3.05, 3.63) is 0 Å². The summed E-state index contributed by atoms with van der Waals surface area (Å²) in [5.41, 5.74) is -0.113. The molecule has 0 bridgehead atoms. The van der Waals surface area contributed by atoms with Gasteiger partial charge in [-0.2, -0.15) is 0 Å². The number of aliphatic hydroxyl groups is 2. The molecule has 4 saturated carbocycles. The van der Waals surface area contributed by atoms with E-state index in [1.54, 1.807) is 0 Å². The molecule has 1 amide bonds. The highest BCUT2D eigenvalue weighted by molar-refractivity contribution is 5.85. The van der Waals surface area contributed by atoms with Gasteiger partial charge in [-0.15, -0.1) is 0 Å². The quantitative estimate of drug-likeness (QED) is 0.134. The molecule has 4 aliphatic rings. The van der Waals surface area contributed by atoms with E-state index in [1.807, 2.05) is 0 Å². The number of carbonyl (C=O) groups excluding carboxylic acids is 1. The number of hydrogen-bond donors (Lipinski definition) is 6. The van der Waals surface area contributed by atoms with E-state index in [-0.39, 0.29) is 60.7 Å². The standard InChI is InChI=1S/C32H56N2O9/c1-32(2,18-41-25-9-3-21(4-10-25)33-29-14-8-23(35)15-20(29)17-43-40)19-42-26-11-5-22(6-12-26)34-30(37)27-13-7-24(36)16-28(27)31(38)39/h20-29,33,35-36,40H,3-19H2,1-2H3,(H,34,37)(H,38,39). The van der Waals surface area contributed by atoms with Crippen LogP contribution in [0.15, 0.2) is 0 Å². The predicted octanol–water partition coefficient (Wildman–Crippen LogP) is 3.26. The second kappa shape index (κ2) is 16.3. The number of carboxylic acids is 1. The number of carboxylic acid groups (broad SMARTS) is 1. The van der Waals surface area contributed by atoms with Gasteiger partial charge >= 0.3 is 5.97 Å². The van der Waals surface area contributed by atoms with Gasteiger partial charge in [0.1, 0.15) is 0 Å². The number of ether oxygens (including phenoxy) is 2. The Morgan fingerprint density at radius 3 is 1.88 bits per heavy atom. The number of aliphatic hydroxyl groups excluding tert-OH is 2. The van der Waals surface area contributed by atoms with Crippen molar-refractivity contribution in [1.29, 1.82) is 0 Å². The van der Waals surface area contributed by atoms with Crippen molar-refractivity contribution in [3.63, 3.8) is 0 Å². The molecule has 0 saturated heterocycles. The average Bonchev–Trinajstić information content (AvgIpc) is 2.98. The van der Waals surface area contributed by atoms with E-state index in [9.17, 15) is 24.9 Å². The predicted molar refractivity (Wildman–Crippen MR) is 159 cm³/mol. The Morgan fingerprint density at radius 1 is 0.744 bits per heavy atom. The van der Waals surface area contributed by atoms with Gasteiger partial charge in [-0.1, -0.05) is 13.8 Å². The topological polar surface area (TPSA) is 167 Å². The van der Waals surface area contributed by atoms with Crippen LogP contribution in [0, 0.1) is 23.2 Å². The second-order valence-corrected chi connectivity index (χ2v) is 14.6. The van der Waals surface area contributed by atoms with E-state index < -0.39 is 23.9 Å². The number of nitrogens with one attached hydrogen (secondary N) is 2. The molecule has 11 nitrogen and oxygen atoms in total. The van der Waals surface area contributed by atoms with Crippen LogP contribution in [-0.2, 0) is 24.0 Å². The fourth-order valence-electron chi connectivity index (χ4n) is 7.58. The third-order valence-corrected chi connectivity index (χ3v) is 10.3. The normalized spacial score (nSPS) is 37.5. The van der Waals surface area contributed by atoms with Crippen LogP contribution in [0.4, 0.5) is 0 Å². The highest BCUT2D eigenvalue weighted by Crippen LogP contribution is 2.33. The Kier molecular flexibility index (Phi) is 13.1. The van der Waals surface area contributed by atoms with Crippen molar-refractivity contribution in [2.45, 2.75) is 146 Å². The van der Waals surface area contributed by atoms with E-state index >= 15 is 0 Å². The monoisotopic (exact) mass is 612 g/mol. The Balaban J connectivity index is 1.09. The number of carbonyl (C=O) groups is 2. The first-order valence-corrected chi connectivity index (χ1v) is 16.7. The first-order chi connectivity index (χ1) is 20.5. The minimum Gasteiger partial charge on any atom is -0.481 e. The Labute approximate surface area is 256 Å². The number of rotatable bonds is 13. The van der Waals surface area contributed by atoms with Crippen molar-refractivity contribution in [3.8, 4) is 0 Å². The zero-order chi connectivity index (χ0) is 31.0. The van der Waals surface area contributed by atoms with Crippen LogP contribution in [-0.4, -0.2) is 94.8 Å². The molecular weight excluding hydrogens is 556 g/mol. The summed E-state index contributed by atoms with van der Waals surface area (Å²) in [6.45, 7) is 5.85. The average molecular weight is 613 g/mol. The molecule has 0 spiro atoms. The van der Waals surface area contributed by atoms with E-state index in [0.29, 0.717) is 38.5 Å². The van der Waals surface area contributed by atoms with Crippen LogP contribution in [0.2, 0.25) is 0 Å². The van der Waals surface area contributed by atoms with Crippen LogP contribution in [0.3, 0.4) is 0 Å². The van der Waals surface area contributed by atoms with Gasteiger partial charge in [0, 0.05) is 29.5 Å². The Hall–Kier alpha value is -1.34. The molecule has 11 heteroatoms. The first kappa shape index (κ1) is 34.5. The molecule has 0 aromatic heterocycles. The highest BCUT2D eigenvalue weighted by atomic mass is 17.1. The lowest BCUT2D eigenvalue weighted by Gasteiger charge is -2.39. The maximum absolute atomic E-state index is 12.9. The summed E-state index contributed by atoms with van der Waals surface area (Å²) in [6.07, 6.45) is 10.3. The fourth-order valence-corrected chi connectivity index (χ4v) is 7.58. The molecule has 6 atom stereocenters. The summed E-state index contributed by atoms with van der Waals surface area (Å²) in [5.74, 6) is -2.47. The number of amides is 1. The van der Waals surface area contributed by atoms with Gasteiger partial charge in [0.15, 0.2) is 0 Å². The van der Waals surface area contributed by atoms with Gasteiger partial charge < -0.3 is 35.4 Å². The molecule has 248 valence electrons. The smallest absolute Gasteiger partial charge is 0.307 e. The third-order valence-electron chi connectivity index (χ3n) is 10.3. The van der Waals surface area contributed by atoms with Gasteiger partial charge in [0.25, 0.3) is 0 Å². The molecular formula is C32H56N2O9. The number of aliphatic carboxylic acids is 1. The maximum Gasteiger partial charge on any atom is 0.307 e. The first-order valence-electron chi connectivity index (χ1n) is 16.7. The van der Waals surface area contributed by atoms with Gasteiger partial charge in [-0.3, -0.25) is 14.8 Å². The number of hydrogen-bond acceptors (Lipinski definition) is 9. The van der Waals surface area contributed by atoms with Crippen LogP contribution >= 0.6 is 0 Å². The molecule has 0 aromatic carbocycles. The van der Waals surface area contributed by atoms with E-state index in [0.717, 1.165) is 64.2 Å². The van der Waals surface area contributed by atoms with Crippen LogP contribution < -0.4 is 10.6 Å². The summed E-state index contributed by atoms with van der Waals surface area (Å²) >= 11 is 0. The van der Waals surface area contributed by atoms with Crippen LogP contribution in [0.1, 0.15) is 104 Å². The molecule has 0 aromatic rings. The van der Waals surface area contributed by atoms with Crippen molar-refractivity contribution < 1.29 is 44.5 Å². The molecule has 0 radical (unpaired) electrons. The van der Waals surface area contributed by atoms with E-state index in [4.69, 9.17) is 14.7 Å². The molecule has 4 fully saturated rings. The minimum absolute atomic E-state index is 0.0354. The van der Waals surface area contributed by atoms with Crippen molar-refractivity contribution in [1.82, 2.24) is 10.6 Å². The molecule has 4 aliphatic carbocycles. The maximum atomic E-state index is 12.9. The van der Waals surface area contributed by atoms with Gasteiger partial charge in [-0.05, 0) is 89.9 Å². The van der Waals surface area contributed by atoms with Crippen molar-refractivity contribution in [2.75, 3.05) is 19.8 Å². The van der Waals surface area contributed by atoms with Gasteiger partial charge in [-0.25, -0.2) is 4.89 Å². The Bertz CT molecular complexity index is 873. The van der Waals surface area contributed by atoms with Crippen LogP contribution in [0.5, 0.6) is 0 Å². The molecule has 6 N–H and O–H groups in total. The molecule has 6 unspecified atom stereocenters. The van der Waals surface area contributed by atoms with Crippen molar-refractivity contribution >= 4 is 11.9 Å². The molecule has 43 heavy (non-hydrogen) atoms. The van der Waals surface area contributed by atoms with Crippen LogP contribution in [0.25, 0.3) is 0 Å².